The summed E-state index contributed by atoms with van der Waals surface area (Å²) in [6.07, 6.45) is 0.836. The molecule has 0 aliphatic carbocycles. The second-order valence-electron chi connectivity index (χ2n) is 4.05. The fourth-order valence-corrected chi connectivity index (χ4v) is 1.86. The van der Waals surface area contributed by atoms with Crippen molar-refractivity contribution in [2.45, 2.75) is 25.5 Å². The van der Waals surface area contributed by atoms with E-state index in [0.29, 0.717) is 11.6 Å². The number of hydrogen-bond donors (Lipinski definition) is 1. The van der Waals surface area contributed by atoms with Crippen LogP contribution in [-0.2, 0) is 4.74 Å². The zero-order valence-corrected chi connectivity index (χ0v) is 10.4. The number of hydrogen-bond acceptors (Lipinski definition) is 4. The van der Waals surface area contributed by atoms with Gasteiger partial charge in [-0.2, -0.15) is 0 Å². The van der Waals surface area contributed by atoms with Gasteiger partial charge in [0, 0.05) is 11.4 Å². The molecule has 1 aliphatic rings. The molecule has 17 heavy (non-hydrogen) atoms. The molecular weight excluding hydrogens is 240 g/mol. The topological polar surface area (TPSA) is 56.8 Å². The van der Waals surface area contributed by atoms with Gasteiger partial charge >= 0.3 is 0 Å². The van der Waals surface area contributed by atoms with Crippen LogP contribution < -0.4 is 10.5 Å². The van der Waals surface area contributed by atoms with Gasteiger partial charge in [-0.25, -0.2) is 4.99 Å². The fourth-order valence-electron chi connectivity index (χ4n) is 1.73. The van der Waals surface area contributed by atoms with Crippen LogP contribution in [0.2, 0.25) is 5.02 Å². The lowest BCUT2D eigenvalue weighted by Gasteiger charge is -2.16. The Bertz CT molecular complexity index is 405. The maximum atomic E-state index is 5.80. The number of nitrogens with zero attached hydrogens (tertiary/aromatic N) is 1. The Morgan fingerprint density at radius 3 is 2.82 bits per heavy atom. The van der Waals surface area contributed by atoms with E-state index in [0.717, 1.165) is 12.2 Å². The maximum Gasteiger partial charge on any atom is 0.282 e. The van der Waals surface area contributed by atoms with Crippen molar-refractivity contribution >= 4 is 17.6 Å². The third-order valence-electron chi connectivity index (χ3n) is 2.49. The molecule has 0 radical (unpaired) electrons. The highest BCUT2D eigenvalue weighted by Crippen LogP contribution is 2.19. The monoisotopic (exact) mass is 254 g/mol. The average Bonchev–Trinajstić information content (AvgIpc) is 2.67. The van der Waals surface area contributed by atoms with E-state index < -0.39 is 0 Å². The molecule has 5 heteroatoms. The summed E-state index contributed by atoms with van der Waals surface area (Å²) in [5.41, 5.74) is 5.44. The van der Waals surface area contributed by atoms with Crippen molar-refractivity contribution in [3.8, 4) is 5.75 Å². The van der Waals surface area contributed by atoms with Crippen LogP contribution >= 0.6 is 11.6 Å². The van der Waals surface area contributed by atoms with Crippen molar-refractivity contribution < 1.29 is 9.47 Å². The van der Waals surface area contributed by atoms with Crippen molar-refractivity contribution in [2.75, 3.05) is 6.61 Å². The van der Waals surface area contributed by atoms with Gasteiger partial charge in [0.25, 0.3) is 6.02 Å². The average molecular weight is 255 g/mol. The molecule has 0 spiro atoms. The number of aliphatic imine (C=N–C) groups is 1. The molecule has 2 rings (SSSR count). The lowest BCUT2D eigenvalue weighted by Crippen LogP contribution is -2.20. The Kier molecular flexibility index (Phi) is 3.74. The molecule has 2 unspecified atom stereocenters. The Labute approximate surface area is 105 Å². The molecule has 2 atom stereocenters. The summed E-state index contributed by atoms with van der Waals surface area (Å²) in [6.45, 7) is 2.54. The van der Waals surface area contributed by atoms with Gasteiger partial charge in [-0.3, -0.25) is 0 Å². The molecule has 1 heterocycles. The first kappa shape index (κ1) is 12.0. The van der Waals surface area contributed by atoms with E-state index in [4.69, 9.17) is 26.8 Å². The lowest BCUT2D eigenvalue weighted by molar-refractivity contribution is 0.189. The molecule has 92 valence electrons. The zero-order chi connectivity index (χ0) is 12.3. The van der Waals surface area contributed by atoms with Gasteiger partial charge in [-0.05, 0) is 31.2 Å². The van der Waals surface area contributed by atoms with Crippen molar-refractivity contribution in [3.63, 3.8) is 0 Å². The minimum atomic E-state index is 0.0550. The Morgan fingerprint density at radius 1 is 1.53 bits per heavy atom. The second-order valence-corrected chi connectivity index (χ2v) is 4.49. The van der Waals surface area contributed by atoms with Crippen molar-refractivity contribution in [1.29, 1.82) is 0 Å². The summed E-state index contributed by atoms with van der Waals surface area (Å²) in [5.74, 6) is 0.803. The van der Waals surface area contributed by atoms with Crippen LogP contribution in [-0.4, -0.2) is 24.8 Å². The SMILES string of the molecule is CC(CC1COC(N)=N1)Oc1ccc(Cl)cc1. The molecule has 2 N–H and O–H groups in total. The predicted octanol–water partition coefficient (Wildman–Crippen LogP) is 2.21. The smallest absolute Gasteiger partial charge is 0.282 e. The minimum absolute atomic E-state index is 0.0550. The van der Waals surface area contributed by atoms with Gasteiger partial charge in [-0.1, -0.05) is 11.6 Å². The predicted molar refractivity (Wildman–Crippen MR) is 67.5 cm³/mol. The molecule has 1 aromatic rings. The van der Waals surface area contributed by atoms with E-state index in [-0.39, 0.29) is 18.2 Å². The number of benzene rings is 1. The van der Waals surface area contributed by atoms with E-state index in [2.05, 4.69) is 4.99 Å². The van der Waals surface area contributed by atoms with Gasteiger partial charge in [0.15, 0.2) is 0 Å². The number of ether oxygens (including phenoxy) is 2. The van der Waals surface area contributed by atoms with Gasteiger partial charge in [0.2, 0.25) is 0 Å². The molecule has 0 aromatic heterocycles. The molecule has 0 saturated carbocycles. The third-order valence-corrected chi connectivity index (χ3v) is 2.74. The van der Waals surface area contributed by atoms with Gasteiger partial charge in [0.1, 0.15) is 12.4 Å². The summed E-state index contributed by atoms with van der Waals surface area (Å²) in [7, 11) is 0. The second kappa shape index (κ2) is 5.27. The van der Waals surface area contributed by atoms with Crippen LogP contribution in [0.4, 0.5) is 0 Å². The molecule has 0 fully saturated rings. The standard InChI is InChI=1S/C12H15ClN2O2/c1-8(6-10-7-16-12(14)15-10)17-11-4-2-9(13)3-5-11/h2-5,8,10H,6-7H2,1H3,(H2,14,15). The summed E-state index contributed by atoms with van der Waals surface area (Å²) < 4.78 is 10.8. The first-order chi connectivity index (χ1) is 8.13. The van der Waals surface area contributed by atoms with Gasteiger partial charge < -0.3 is 15.2 Å². The molecule has 4 nitrogen and oxygen atoms in total. The van der Waals surface area contributed by atoms with E-state index in [1.807, 2.05) is 19.1 Å². The Balaban J connectivity index is 1.85. The molecule has 0 amide bonds. The third kappa shape index (κ3) is 3.53. The normalized spacial score (nSPS) is 20.6. The Morgan fingerprint density at radius 2 is 2.24 bits per heavy atom. The highest BCUT2D eigenvalue weighted by molar-refractivity contribution is 6.30. The minimum Gasteiger partial charge on any atom is -0.491 e. The van der Waals surface area contributed by atoms with Crippen LogP contribution in [0.5, 0.6) is 5.75 Å². The molecule has 0 bridgehead atoms. The lowest BCUT2D eigenvalue weighted by atomic mass is 10.1. The number of amidine groups is 1. The zero-order valence-electron chi connectivity index (χ0n) is 9.60. The summed E-state index contributed by atoms with van der Waals surface area (Å²) >= 11 is 5.80. The van der Waals surface area contributed by atoms with E-state index >= 15 is 0 Å². The number of nitrogens with two attached hydrogens (primary N) is 1. The molecule has 1 aliphatic heterocycles. The van der Waals surface area contributed by atoms with Crippen molar-refractivity contribution in [3.05, 3.63) is 29.3 Å². The number of halogens is 1. The molecular formula is C12H15ClN2O2. The highest BCUT2D eigenvalue weighted by Gasteiger charge is 2.20. The van der Waals surface area contributed by atoms with Gasteiger partial charge in [-0.15, -0.1) is 0 Å². The van der Waals surface area contributed by atoms with Gasteiger partial charge in [0.05, 0.1) is 12.1 Å². The quantitative estimate of drug-likeness (QED) is 0.896. The van der Waals surface area contributed by atoms with E-state index in [1.165, 1.54) is 0 Å². The van der Waals surface area contributed by atoms with Crippen molar-refractivity contribution in [1.82, 2.24) is 0 Å². The first-order valence-electron chi connectivity index (χ1n) is 5.52. The van der Waals surface area contributed by atoms with Crippen LogP contribution in [0.3, 0.4) is 0 Å². The molecule has 1 aromatic carbocycles. The maximum absolute atomic E-state index is 5.80. The van der Waals surface area contributed by atoms with Crippen LogP contribution in [0.25, 0.3) is 0 Å². The highest BCUT2D eigenvalue weighted by atomic mass is 35.5. The summed E-state index contributed by atoms with van der Waals surface area (Å²) in [5, 5.41) is 0.701. The van der Waals surface area contributed by atoms with Crippen LogP contribution in [0, 0.1) is 0 Å². The first-order valence-corrected chi connectivity index (χ1v) is 5.89. The molecule has 0 saturated heterocycles. The van der Waals surface area contributed by atoms with E-state index in [1.54, 1.807) is 12.1 Å². The largest absolute Gasteiger partial charge is 0.491 e. The van der Waals surface area contributed by atoms with E-state index in [9.17, 15) is 0 Å². The number of rotatable bonds is 4. The van der Waals surface area contributed by atoms with Crippen LogP contribution in [0.15, 0.2) is 29.3 Å². The Hall–Kier alpha value is -1.42. The van der Waals surface area contributed by atoms with Crippen molar-refractivity contribution in [2.24, 2.45) is 10.7 Å². The van der Waals surface area contributed by atoms with Crippen LogP contribution in [0.1, 0.15) is 13.3 Å². The summed E-state index contributed by atoms with van der Waals surface area (Å²) in [6, 6.07) is 7.67. The summed E-state index contributed by atoms with van der Waals surface area (Å²) in [4.78, 5) is 4.16. The fraction of sp³-hybridized carbons (Fsp3) is 0.417.